The summed E-state index contributed by atoms with van der Waals surface area (Å²) in [4.78, 5) is 60.9. The van der Waals surface area contributed by atoms with Crippen molar-refractivity contribution in [2.75, 3.05) is 13.2 Å². The molecular weight excluding hydrogens is 340 g/mol. The van der Waals surface area contributed by atoms with Gasteiger partial charge in [-0.25, -0.2) is 4.79 Å². The lowest BCUT2D eigenvalue weighted by Crippen LogP contribution is -2.35. The average molecular weight is 358 g/mol. The van der Waals surface area contributed by atoms with Gasteiger partial charge < -0.3 is 4.74 Å². The number of benzene rings is 1. The van der Waals surface area contributed by atoms with Crippen LogP contribution >= 0.6 is 0 Å². The van der Waals surface area contributed by atoms with Gasteiger partial charge in [0.25, 0.3) is 5.91 Å². The first kappa shape index (κ1) is 17.8. The fourth-order valence-electron chi connectivity index (χ4n) is 2.93. The summed E-state index contributed by atoms with van der Waals surface area (Å²) in [7, 11) is 0. The Morgan fingerprint density at radius 2 is 1.58 bits per heavy atom. The van der Waals surface area contributed by atoms with Crippen LogP contribution < -0.4 is 0 Å². The third-order valence-electron chi connectivity index (χ3n) is 4.39. The van der Waals surface area contributed by atoms with Crippen molar-refractivity contribution in [3.63, 3.8) is 0 Å². The first-order valence-corrected chi connectivity index (χ1v) is 8.38. The predicted octanol–water partition coefficient (Wildman–Crippen LogP) is 0.641. The fourth-order valence-corrected chi connectivity index (χ4v) is 2.93. The Morgan fingerprint density at radius 1 is 0.923 bits per heavy atom. The molecule has 2 heterocycles. The number of nitrogens with zero attached hydrogens (tertiary/aromatic N) is 2. The molecule has 8 nitrogen and oxygen atoms in total. The van der Waals surface area contributed by atoms with Crippen molar-refractivity contribution in [1.29, 1.82) is 0 Å². The van der Waals surface area contributed by atoms with Gasteiger partial charge in [0.1, 0.15) is 0 Å². The summed E-state index contributed by atoms with van der Waals surface area (Å²) in [6.07, 6.45) is 1.43. The topological polar surface area (TPSA) is 101 Å². The van der Waals surface area contributed by atoms with Gasteiger partial charge in [0.2, 0.25) is 17.7 Å². The van der Waals surface area contributed by atoms with Gasteiger partial charge in [0, 0.05) is 25.8 Å². The number of carbonyl (C=O) groups excluding carboxylic acids is 5. The van der Waals surface area contributed by atoms with Gasteiger partial charge >= 0.3 is 5.97 Å². The second-order valence-electron chi connectivity index (χ2n) is 6.19. The first-order valence-electron chi connectivity index (χ1n) is 8.38. The standard InChI is InChI=1S/C18H18N2O6/c21-14-2-1-9-19(14)17(24)11-26-18(25)13-5-3-12(4-6-13)10-20-15(22)7-8-16(20)23/h3-6H,1-2,7-11H2. The highest BCUT2D eigenvalue weighted by Gasteiger charge is 2.29. The lowest BCUT2D eigenvalue weighted by molar-refractivity contribution is -0.144. The molecular formula is C18H18N2O6. The molecule has 0 atom stereocenters. The molecule has 0 saturated carbocycles. The normalized spacial score (nSPS) is 17.2. The summed E-state index contributed by atoms with van der Waals surface area (Å²) >= 11 is 0. The largest absolute Gasteiger partial charge is 0.452 e. The Kier molecular flexibility index (Phi) is 5.11. The van der Waals surface area contributed by atoms with Crippen LogP contribution in [0.15, 0.2) is 24.3 Å². The van der Waals surface area contributed by atoms with E-state index in [1.807, 2.05) is 0 Å². The Hall–Kier alpha value is -3.03. The monoisotopic (exact) mass is 358 g/mol. The maximum absolute atomic E-state index is 12.0. The van der Waals surface area contributed by atoms with Crippen molar-refractivity contribution in [3.8, 4) is 0 Å². The van der Waals surface area contributed by atoms with E-state index in [1.54, 1.807) is 12.1 Å². The molecule has 0 aliphatic carbocycles. The number of hydrogen-bond acceptors (Lipinski definition) is 6. The lowest BCUT2D eigenvalue weighted by Gasteiger charge is -2.14. The Labute approximate surface area is 149 Å². The zero-order chi connectivity index (χ0) is 18.7. The highest BCUT2D eigenvalue weighted by Crippen LogP contribution is 2.16. The van der Waals surface area contributed by atoms with Gasteiger partial charge in [-0.3, -0.25) is 29.0 Å². The molecule has 4 amide bonds. The lowest BCUT2D eigenvalue weighted by atomic mass is 10.1. The molecule has 136 valence electrons. The molecule has 1 aromatic rings. The van der Waals surface area contributed by atoms with Gasteiger partial charge in [0.05, 0.1) is 12.1 Å². The van der Waals surface area contributed by atoms with E-state index in [9.17, 15) is 24.0 Å². The molecule has 8 heteroatoms. The van der Waals surface area contributed by atoms with Crippen LogP contribution in [0.2, 0.25) is 0 Å². The molecule has 0 radical (unpaired) electrons. The van der Waals surface area contributed by atoms with E-state index in [0.717, 1.165) is 4.90 Å². The summed E-state index contributed by atoms with van der Waals surface area (Å²) in [6, 6.07) is 6.27. The van der Waals surface area contributed by atoms with E-state index in [-0.39, 0.29) is 42.7 Å². The second-order valence-corrected chi connectivity index (χ2v) is 6.19. The number of ether oxygens (including phenoxy) is 1. The van der Waals surface area contributed by atoms with Crippen LogP contribution in [0.4, 0.5) is 0 Å². The number of rotatable bonds is 5. The van der Waals surface area contributed by atoms with Crippen LogP contribution in [0.25, 0.3) is 0 Å². The number of likely N-dealkylation sites (tertiary alicyclic amines) is 2. The Balaban J connectivity index is 1.53. The van der Waals surface area contributed by atoms with E-state index in [2.05, 4.69) is 0 Å². The van der Waals surface area contributed by atoms with E-state index in [4.69, 9.17) is 4.74 Å². The third-order valence-corrected chi connectivity index (χ3v) is 4.39. The molecule has 26 heavy (non-hydrogen) atoms. The molecule has 3 rings (SSSR count). The number of carbonyl (C=O) groups is 5. The minimum Gasteiger partial charge on any atom is -0.452 e. The van der Waals surface area contributed by atoms with Crippen LogP contribution in [0.5, 0.6) is 0 Å². The Morgan fingerprint density at radius 3 is 2.15 bits per heavy atom. The fraction of sp³-hybridized carbons (Fsp3) is 0.389. The molecule has 0 unspecified atom stereocenters. The van der Waals surface area contributed by atoms with E-state index >= 15 is 0 Å². The van der Waals surface area contributed by atoms with Gasteiger partial charge in [0.15, 0.2) is 6.61 Å². The SMILES string of the molecule is O=C(OCC(=O)N1CCCC1=O)c1ccc(CN2C(=O)CCC2=O)cc1. The van der Waals surface area contributed by atoms with Crippen LogP contribution in [0.1, 0.15) is 41.6 Å². The average Bonchev–Trinajstić information content (AvgIpc) is 3.20. The van der Waals surface area contributed by atoms with Gasteiger partial charge in [-0.1, -0.05) is 12.1 Å². The van der Waals surface area contributed by atoms with E-state index in [0.29, 0.717) is 24.9 Å². The van der Waals surface area contributed by atoms with Crippen LogP contribution in [0.3, 0.4) is 0 Å². The highest BCUT2D eigenvalue weighted by molar-refractivity contribution is 6.02. The molecule has 2 saturated heterocycles. The van der Waals surface area contributed by atoms with Crippen molar-refractivity contribution >= 4 is 29.6 Å². The van der Waals surface area contributed by atoms with Crippen molar-refractivity contribution in [3.05, 3.63) is 35.4 Å². The van der Waals surface area contributed by atoms with Crippen molar-refractivity contribution in [2.45, 2.75) is 32.2 Å². The minimum atomic E-state index is -0.676. The quantitative estimate of drug-likeness (QED) is 0.566. The maximum atomic E-state index is 12.0. The molecule has 2 aliphatic heterocycles. The van der Waals surface area contributed by atoms with Crippen molar-refractivity contribution < 1.29 is 28.7 Å². The van der Waals surface area contributed by atoms with Crippen LogP contribution in [0, 0.1) is 0 Å². The zero-order valence-electron chi connectivity index (χ0n) is 14.1. The molecule has 0 bridgehead atoms. The van der Waals surface area contributed by atoms with Crippen LogP contribution in [-0.4, -0.2) is 52.5 Å². The number of hydrogen-bond donors (Lipinski definition) is 0. The van der Waals surface area contributed by atoms with E-state index < -0.39 is 18.5 Å². The Bertz CT molecular complexity index is 754. The number of esters is 1. The third kappa shape index (κ3) is 3.79. The molecule has 0 aromatic heterocycles. The molecule has 1 aromatic carbocycles. The van der Waals surface area contributed by atoms with Crippen molar-refractivity contribution in [1.82, 2.24) is 9.80 Å². The summed E-state index contributed by atoms with van der Waals surface area (Å²) in [5, 5.41) is 0. The van der Waals surface area contributed by atoms with Gasteiger partial charge in [-0.2, -0.15) is 0 Å². The summed E-state index contributed by atoms with van der Waals surface area (Å²) in [5.74, 6) is -1.85. The van der Waals surface area contributed by atoms with E-state index in [1.165, 1.54) is 17.0 Å². The molecule has 0 N–H and O–H groups in total. The second kappa shape index (κ2) is 7.47. The number of imide groups is 2. The molecule has 2 fully saturated rings. The van der Waals surface area contributed by atoms with Crippen molar-refractivity contribution in [2.24, 2.45) is 0 Å². The zero-order valence-corrected chi connectivity index (χ0v) is 14.1. The first-order chi connectivity index (χ1) is 12.5. The number of amides is 4. The smallest absolute Gasteiger partial charge is 0.338 e. The summed E-state index contributed by atoms with van der Waals surface area (Å²) < 4.78 is 4.96. The molecule has 2 aliphatic rings. The summed E-state index contributed by atoms with van der Waals surface area (Å²) in [5.41, 5.74) is 0.956. The minimum absolute atomic E-state index is 0.169. The predicted molar refractivity (Wildman–Crippen MR) is 87.5 cm³/mol. The van der Waals surface area contributed by atoms with Crippen LogP contribution in [-0.2, 0) is 30.5 Å². The maximum Gasteiger partial charge on any atom is 0.338 e. The van der Waals surface area contributed by atoms with Gasteiger partial charge in [-0.05, 0) is 24.1 Å². The molecule has 0 spiro atoms. The highest BCUT2D eigenvalue weighted by atomic mass is 16.5. The van der Waals surface area contributed by atoms with Gasteiger partial charge in [-0.15, -0.1) is 0 Å². The summed E-state index contributed by atoms with van der Waals surface area (Å²) in [6.45, 7) is 0.0452.